The fourth-order valence-electron chi connectivity index (χ4n) is 2.79. The molecule has 0 radical (unpaired) electrons. The Morgan fingerprint density at radius 1 is 1.15 bits per heavy atom. The van der Waals surface area contributed by atoms with Crippen LogP contribution in [0.5, 0.6) is 5.75 Å². The molecule has 0 aliphatic heterocycles. The molecule has 0 unspecified atom stereocenters. The van der Waals surface area contributed by atoms with Crippen molar-refractivity contribution in [1.82, 2.24) is 5.32 Å². The van der Waals surface area contributed by atoms with Crippen molar-refractivity contribution >= 4 is 11.7 Å². The van der Waals surface area contributed by atoms with Gasteiger partial charge in [0.05, 0.1) is 18.7 Å². The van der Waals surface area contributed by atoms with Crippen LogP contribution in [0.25, 0.3) is 0 Å². The van der Waals surface area contributed by atoms with Crippen molar-refractivity contribution in [3.63, 3.8) is 0 Å². The molecule has 0 heterocycles. The lowest BCUT2D eigenvalue weighted by molar-refractivity contribution is -0.125. The summed E-state index contributed by atoms with van der Waals surface area (Å²) in [5, 5.41) is 2.90. The summed E-state index contributed by atoms with van der Waals surface area (Å²) in [5.74, 6) is -1.08. The summed E-state index contributed by atoms with van der Waals surface area (Å²) in [6.07, 6.45) is -0.0512. The van der Waals surface area contributed by atoms with E-state index < -0.39 is 11.7 Å². The van der Waals surface area contributed by atoms with Gasteiger partial charge in [0.15, 0.2) is 5.78 Å². The molecule has 1 N–H and O–H groups in total. The Labute approximate surface area is 153 Å². The van der Waals surface area contributed by atoms with E-state index in [0.29, 0.717) is 5.75 Å². The highest BCUT2D eigenvalue weighted by atomic mass is 19.1. The number of carbonyl (C=O) groups excluding carboxylic acids is 2. The number of hydrogen-bond donors (Lipinski definition) is 1. The number of carbonyl (C=O) groups is 2. The van der Waals surface area contributed by atoms with Gasteiger partial charge in [-0.2, -0.15) is 0 Å². The molecule has 138 valence electrons. The van der Waals surface area contributed by atoms with Gasteiger partial charge in [-0.1, -0.05) is 36.8 Å². The fraction of sp³-hybridized carbons (Fsp3) is 0.333. The summed E-state index contributed by atoms with van der Waals surface area (Å²) >= 11 is 0. The van der Waals surface area contributed by atoms with E-state index in [1.807, 2.05) is 32.0 Å². The zero-order valence-electron chi connectivity index (χ0n) is 15.5. The summed E-state index contributed by atoms with van der Waals surface area (Å²) in [4.78, 5) is 24.7. The average Bonchev–Trinajstić information content (AvgIpc) is 2.61. The summed E-state index contributed by atoms with van der Waals surface area (Å²) in [7, 11) is 1.58. The number of aryl methyl sites for hydroxylation is 1. The van der Waals surface area contributed by atoms with Crippen LogP contribution in [0.3, 0.4) is 0 Å². The molecule has 2 rings (SSSR count). The first-order valence-electron chi connectivity index (χ1n) is 8.56. The van der Waals surface area contributed by atoms with Gasteiger partial charge in [-0.3, -0.25) is 9.59 Å². The fourth-order valence-corrected chi connectivity index (χ4v) is 2.79. The Kier molecular flexibility index (Phi) is 6.50. The van der Waals surface area contributed by atoms with E-state index in [1.165, 1.54) is 18.2 Å². The minimum atomic E-state index is -0.569. The van der Waals surface area contributed by atoms with E-state index in [1.54, 1.807) is 20.1 Å². The molecule has 1 amide bonds. The molecule has 5 heteroatoms. The molecule has 0 saturated heterocycles. The third kappa shape index (κ3) is 4.69. The van der Waals surface area contributed by atoms with E-state index in [-0.39, 0.29) is 29.7 Å². The number of amides is 1. The van der Waals surface area contributed by atoms with Crippen LogP contribution in [0.15, 0.2) is 42.5 Å². The molecule has 2 aromatic carbocycles. The molecule has 26 heavy (non-hydrogen) atoms. The number of ketones is 1. The Balaban J connectivity index is 2.04. The van der Waals surface area contributed by atoms with Crippen LogP contribution in [0.1, 0.15) is 47.8 Å². The average molecular weight is 357 g/mol. The van der Waals surface area contributed by atoms with Crippen molar-refractivity contribution in [1.29, 1.82) is 0 Å². The van der Waals surface area contributed by atoms with Gasteiger partial charge in [-0.25, -0.2) is 4.39 Å². The Bertz CT molecular complexity index is 804. The van der Waals surface area contributed by atoms with Crippen LogP contribution >= 0.6 is 0 Å². The third-order valence-corrected chi connectivity index (χ3v) is 4.32. The first-order valence-corrected chi connectivity index (χ1v) is 8.56. The van der Waals surface area contributed by atoms with Gasteiger partial charge < -0.3 is 10.1 Å². The zero-order valence-corrected chi connectivity index (χ0v) is 15.5. The maximum Gasteiger partial charge on any atom is 0.223 e. The molecule has 2 atom stereocenters. The number of Topliss-reactive ketones (excluding diaryl/α,β-unsaturated/α-hetero) is 1. The number of halogens is 1. The molecular formula is C21H24FNO3. The summed E-state index contributed by atoms with van der Waals surface area (Å²) in [6, 6.07) is 11.3. The molecule has 0 saturated carbocycles. The van der Waals surface area contributed by atoms with Gasteiger partial charge in [0.2, 0.25) is 5.91 Å². The molecule has 0 bridgehead atoms. The van der Waals surface area contributed by atoms with Crippen molar-refractivity contribution in [2.75, 3.05) is 7.11 Å². The lowest BCUT2D eigenvalue weighted by atomic mass is 9.97. The molecular weight excluding hydrogens is 333 g/mol. The van der Waals surface area contributed by atoms with E-state index in [2.05, 4.69) is 5.32 Å². The number of benzene rings is 2. The standard InChI is InChI=1S/C21H24FNO3/c1-13-9-10-20(26-4)17(11-13)15(3)23-21(25)14(2)12-19(24)16-7-5-6-8-18(16)22/h5-11,14-15H,12H2,1-4H3,(H,23,25)/t14-,15-/m1/s1. The predicted molar refractivity (Wildman–Crippen MR) is 98.8 cm³/mol. The lowest BCUT2D eigenvalue weighted by Gasteiger charge is -2.20. The molecule has 0 aliphatic rings. The van der Waals surface area contributed by atoms with Crippen molar-refractivity contribution in [3.8, 4) is 5.75 Å². The number of rotatable bonds is 7. The van der Waals surface area contributed by atoms with Crippen LogP contribution in [0.2, 0.25) is 0 Å². The minimum absolute atomic E-state index is 0.0144. The summed E-state index contributed by atoms with van der Waals surface area (Å²) < 4.78 is 19.1. The SMILES string of the molecule is COc1ccc(C)cc1[C@@H](C)NC(=O)[C@H](C)CC(=O)c1ccccc1F. The number of ether oxygens (including phenoxy) is 1. The van der Waals surface area contributed by atoms with E-state index in [9.17, 15) is 14.0 Å². The van der Waals surface area contributed by atoms with Gasteiger partial charge in [0, 0.05) is 17.9 Å². The first-order chi connectivity index (χ1) is 12.3. The second kappa shape index (κ2) is 8.61. The van der Waals surface area contributed by atoms with Crippen LogP contribution in [-0.4, -0.2) is 18.8 Å². The Morgan fingerprint density at radius 2 is 1.85 bits per heavy atom. The second-order valence-corrected chi connectivity index (χ2v) is 6.48. The zero-order chi connectivity index (χ0) is 19.3. The molecule has 0 aromatic heterocycles. The maximum absolute atomic E-state index is 13.7. The van der Waals surface area contributed by atoms with Crippen molar-refractivity contribution in [2.24, 2.45) is 5.92 Å². The van der Waals surface area contributed by atoms with Crippen LogP contribution < -0.4 is 10.1 Å². The third-order valence-electron chi connectivity index (χ3n) is 4.32. The molecule has 0 aliphatic carbocycles. The number of methoxy groups -OCH3 is 1. The molecule has 2 aromatic rings. The van der Waals surface area contributed by atoms with Crippen LogP contribution in [-0.2, 0) is 4.79 Å². The molecule has 0 fully saturated rings. The Morgan fingerprint density at radius 3 is 2.50 bits per heavy atom. The molecule has 4 nitrogen and oxygen atoms in total. The van der Waals surface area contributed by atoms with Gasteiger partial charge >= 0.3 is 0 Å². The van der Waals surface area contributed by atoms with Gasteiger partial charge in [-0.05, 0) is 32.0 Å². The predicted octanol–water partition coefficient (Wildman–Crippen LogP) is 4.23. The summed E-state index contributed by atoms with van der Waals surface area (Å²) in [5.41, 5.74) is 1.94. The van der Waals surface area contributed by atoms with Crippen LogP contribution in [0, 0.1) is 18.7 Å². The van der Waals surface area contributed by atoms with E-state index >= 15 is 0 Å². The quantitative estimate of drug-likeness (QED) is 0.755. The summed E-state index contributed by atoms with van der Waals surface area (Å²) in [6.45, 7) is 5.49. The highest BCUT2D eigenvalue weighted by molar-refractivity contribution is 5.98. The monoisotopic (exact) mass is 357 g/mol. The first kappa shape index (κ1) is 19.6. The van der Waals surface area contributed by atoms with E-state index in [4.69, 9.17) is 4.74 Å². The second-order valence-electron chi connectivity index (χ2n) is 6.48. The maximum atomic E-state index is 13.7. The topological polar surface area (TPSA) is 55.4 Å². The van der Waals surface area contributed by atoms with Crippen molar-refractivity contribution in [3.05, 3.63) is 65.0 Å². The van der Waals surface area contributed by atoms with E-state index in [0.717, 1.165) is 11.1 Å². The number of nitrogens with one attached hydrogen (secondary N) is 1. The highest BCUT2D eigenvalue weighted by Crippen LogP contribution is 2.26. The van der Waals surface area contributed by atoms with Crippen molar-refractivity contribution < 1.29 is 18.7 Å². The van der Waals surface area contributed by atoms with Gasteiger partial charge in [-0.15, -0.1) is 0 Å². The van der Waals surface area contributed by atoms with Crippen molar-refractivity contribution in [2.45, 2.75) is 33.2 Å². The van der Waals surface area contributed by atoms with Gasteiger partial charge in [0.1, 0.15) is 11.6 Å². The largest absolute Gasteiger partial charge is 0.496 e. The smallest absolute Gasteiger partial charge is 0.223 e. The number of hydrogen-bond acceptors (Lipinski definition) is 3. The lowest BCUT2D eigenvalue weighted by Crippen LogP contribution is -2.33. The van der Waals surface area contributed by atoms with Gasteiger partial charge in [0.25, 0.3) is 0 Å². The molecule has 0 spiro atoms. The normalized spacial score (nSPS) is 13.0. The minimum Gasteiger partial charge on any atom is -0.496 e. The van der Waals surface area contributed by atoms with Crippen LogP contribution in [0.4, 0.5) is 4.39 Å². The highest BCUT2D eigenvalue weighted by Gasteiger charge is 2.22. The Hall–Kier alpha value is -2.69.